The molecule has 0 aromatic heterocycles. The number of amides is 1. The summed E-state index contributed by atoms with van der Waals surface area (Å²) in [6.45, 7) is 1.96. The van der Waals surface area contributed by atoms with Crippen molar-refractivity contribution in [1.82, 2.24) is 5.32 Å². The summed E-state index contributed by atoms with van der Waals surface area (Å²) in [5.74, 6) is -0.0549. The Morgan fingerprint density at radius 2 is 1.30 bits per heavy atom. The van der Waals surface area contributed by atoms with E-state index in [0.717, 1.165) is 32.1 Å². The molecular weight excluding hydrogens is 290 g/mol. The van der Waals surface area contributed by atoms with Crippen molar-refractivity contribution in [3.63, 3.8) is 0 Å². The minimum atomic E-state index is -0.258. The summed E-state index contributed by atoms with van der Waals surface area (Å²) in [4.78, 5) is 11.1. The Hall–Kier alpha value is -0.610. The first-order valence-electron chi connectivity index (χ1n) is 9.76. The van der Waals surface area contributed by atoms with Crippen LogP contribution in [0.4, 0.5) is 0 Å². The van der Waals surface area contributed by atoms with Crippen LogP contribution in [-0.2, 0) is 4.79 Å². The smallest absolute Gasteiger partial charge is 0.221 e. The van der Waals surface area contributed by atoms with Crippen molar-refractivity contribution in [3.8, 4) is 0 Å². The maximum atomic E-state index is 11.1. The predicted molar refractivity (Wildman–Crippen MR) is 96.2 cm³/mol. The second-order valence-electron chi connectivity index (χ2n) is 6.63. The highest BCUT2D eigenvalue weighted by Crippen LogP contribution is 2.14. The summed E-state index contributed by atoms with van der Waals surface area (Å²) >= 11 is 0. The Labute approximate surface area is 143 Å². The molecular formula is C19H39NO3. The van der Waals surface area contributed by atoms with Crippen LogP contribution >= 0.6 is 0 Å². The van der Waals surface area contributed by atoms with Crippen molar-refractivity contribution < 1.29 is 15.0 Å². The molecule has 138 valence electrons. The monoisotopic (exact) mass is 329 g/mol. The molecule has 0 saturated carbocycles. The summed E-state index contributed by atoms with van der Waals surface area (Å²) in [5.41, 5.74) is 0. The van der Waals surface area contributed by atoms with E-state index in [4.69, 9.17) is 5.11 Å². The number of carbonyl (C=O) groups is 1. The lowest BCUT2D eigenvalue weighted by Crippen LogP contribution is -2.23. The van der Waals surface area contributed by atoms with Gasteiger partial charge in [0.2, 0.25) is 5.91 Å². The number of aliphatic hydroxyl groups is 2. The Bertz CT molecular complexity index is 259. The van der Waals surface area contributed by atoms with Gasteiger partial charge in [-0.25, -0.2) is 0 Å². The molecule has 0 radical (unpaired) electrons. The maximum Gasteiger partial charge on any atom is 0.221 e. The van der Waals surface area contributed by atoms with E-state index >= 15 is 0 Å². The van der Waals surface area contributed by atoms with E-state index in [1.54, 1.807) is 0 Å². The summed E-state index contributed by atoms with van der Waals surface area (Å²) in [6.07, 6.45) is 16.7. The van der Waals surface area contributed by atoms with Gasteiger partial charge in [0.25, 0.3) is 0 Å². The Morgan fingerprint density at radius 1 is 0.826 bits per heavy atom. The van der Waals surface area contributed by atoms with Gasteiger partial charge in [-0.1, -0.05) is 77.6 Å². The molecule has 1 atom stereocenters. The predicted octanol–water partition coefficient (Wildman–Crippen LogP) is 4.28. The van der Waals surface area contributed by atoms with Gasteiger partial charge in [0.1, 0.15) is 6.73 Å². The fourth-order valence-corrected chi connectivity index (χ4v) is 2.85. The molecule has 0 rings (SSSR count). The highest BCUT2D eigenvalue weighted by Gasteiger charge is 2.03. The molecule has 0 spiro atoms. The lowest BCUT2D eigenvalue weighted by molar-refractivity contribution is -0.122. The molecule has 0 aliphatic rings. The summed E-state index contributed by atoms with van der Waals surface area (Å²) in [6, 6.07) is 0. The van der Waals surface area contributed by atoms with E-state index in [1.165, 1.54) is 57.8 Å². The average Bonchev–Trinajstić information content (AvgIpc) is 2.53. The highest BCUT2D eigenvalue weighted by molar-refractivity contribution is 5.75. The van der Waals surface area contributed by atoms with E-state index in [0.29, 0.717) is 6.42 Å². The van der Waals surface area contributed by atoms with Crippen molar-refractivity contribution in [2.75, 3.05) is 6.73 Å². The Balaban J connectivity index is 3.16. The largest absolute Gasteiger partial charge is 0.393 e. The molecule has 4 nitrogen and oxygen atoms in total. The second-order valence-corrected chi connectivity index (χ2v) is 6.63. The molecule has 0 saturated heterocycles. The lowest BCUT2D eigenvalue weighted by atomic mass is 10.0. The number of carbonyl (C=O) groups excluding carboxylic acids is 1. The van der Waals surface area contributed by atoms with E-state index < -0.39 is 0 Å². The van der Waals surface area contributed by atoms with Crippen LogP contribution < -0.4 is 5.32 Å². The van der Waals surface area contributed by atoms with Gasteiger partial charge >= 0.3 is 0 Å². The van der Waals surface area contributed by atoms with Gasteiger partial charge in [0.05, 0.1) is 6.10 Å². The Morgan fingerprint density at radius 3 is 1.83 bits per heavy atom. The molecule has 0 bridgehead atoms. The molecule has 1 unspecified atom stereocenters. The third-order valence-corrected chi connectivity index (χ3v) is 4.36. The molecule has 0 aliphatic carbocycles. The molecule has 0 aromatic rings. The zero-order valence-electron chi connectivity index (χ0n) is 15.2. The Kier molecular flexibility index (Phi) is 17.3. The fourth-order valence-electron chi connectivity index (χ4n) is 2.85. The van der Waals surface area contributed by atoms with Crippen LogP contribution in [0.1, 0.15) is 103 Å². The average molecular weight is 330 g/mol. The van der Waals surface area contributed by atoms with Crippen molar-refractivity contribution in [3.05, 3.63) is 0 Å². The van der Waals surface area contributed by atoms with Crippen LogP contribution in [0.25, 0.3) is 0 Å². The second kappa shape index (κ2) is 17.7. The first-order chi connectivity index (χ1) is 11.2. The lowest BCUT2D eigenvalue weighted by Gasteiger charge is -2.10. The number of hydrogen-bond donors (Lipinski definition) is 3. The molecule has 0 heterocycles. The molecule has 1 amide bonds. The van der Waals surface area contributed by atoms with Crippen LogP contribution in [0.3, 0.4) is 0 Å². The minimum Gasteiger partial charge on any atom is -0.393 e. The number of nitrogens with one attached hydrogen (secondary N) is 1. The van der Waals surface area contributed by atoms with Gasteiger partial charge in [-0.3, -0.25) is 4.79 Å². The van der Waals surface area contributed by atoms with Crippen molar-refractivity contribution in [2.45, 2.75) is 109 Å². The highest BCUT2D eigenvalue weighted by atomic mass is 16.3. The topological polar surface area (TPSA) is 69.6 Å². The van der Waals surface area contributed by atoms with E-state index in [-0.39, 0.29) is 18.7 Å². The fraction of sp³-hybridized carbons (Fsp3) is 0.947. The maximum absolute atomic E-state index is 11.1. The minimum absolute atomic E-state index is 0.0549. The van der Waals surface area contributed by atoms with Crippen LogP contribution in [0.15, 0.2) is 0 Å². The quantitative estimate of drug-likeness (QED) is 0.275. The van der Waals surface area contributed by atoms with Gasteiger partial charge in [0, 0.05) is 6.42 Å². The van der Waals surface area contributed by atoms with Gasteiger partial charge in [0.15, 0.2) is 0 Å². The summed E-state index contributed by atoms with van der Waals surface area (Å²) in [7, 11) is 0. The molecule has 0 fully saturated rings. The standard InChI is InChI=1S/C19H39NO3/c1-2-3-4-11-14-18(22)15-12-9-7-5-6-8-10-13-16-19(23)20-17-21/h18,21-22H,2-17H2,1H3,(H,20,23). The van der Waals surface area contributed by atoms with Gasteiger partial charge in [-0.15, -0.1) is 0 Å². The van der Waals surface area contributed by atoms with Crippen molar-refractivity contribution >= 4 is 5.91 Å². The third-order valence-electron chi connectivity index (χ3n) is 4.36. The molecule has 0 aliphatic heterocycles. The number of unbranched alkanes of at least 4 members (excludes halogenated alkanes) is 10. The third kappa shape index (κ3) is 17.6. The SMILES string of the molecule is CCCCCCC(O)CCCCCCCCCCC(=O)NCO. The van der Waals surface area contributed by atoms with Crippen molar-refractivity contribution in [1.29, 1.82) is 0 Å². The van der Waals surface area contributed by atoms with Gasteiger partial charge in [-0.05, 0) is 19.3 Å². The number of hydrogen-bond acceptors (Lipinski definition) is 3. The van der Waals surface area contributed by atoms with E-state index in [2.05, 4.69) is 12.2 Å². The zero-order valence-corrected chi connectivity index (χ0v) is 15.2. The van der Waals surface area contributed by atoms with Crippen molar-refractivity contribution in [2.24, 2.45) is 0 Å². The van der Waals surface area contributed by atoms with Crippen LogP contribution in [0.2, 0.25) is 0 Å². The molecule has 0 aromatic carbocycles. The van der Waals surface area contributed by atoms with Crippen LogP contribution in [0, 0.1) is 0 Å². The summed E-state index contributed by atoms with van der Waals surface area (Å²) < 4.78 is 0. The van der Waals surface area contributed by atoms with E-state index in [1.807, 2.05) is 0 Å². The normalized spacial score (nSPS) is 12.3. The first kappa shape index (κ1) is 22.4. The van der Waals surface area contributed by atoms with E-state index in [9.17, 15) is 9.90 Å². The molecule has 4 heteroatoms. The van der Waals surface area contributed by atoms with Gasteiger partial charge in [-0.2, -0.15) is 0 Å². The van der Waals surface area contributed by atoms with Gasteiger partial charge < -0.3 is 15.5 Å². The van der Waals surface area contributed by atoms with Crippen LogP contribution in [0.5, 0.6) is 0 Å². The first-order valence-corrected chi connectivity index (χ1v) is 9.76. The molecule has 23 heavy (non-hydrogen) atoms. The summed E-state index contributed by atoms with van der Waals surface area (Å²) in [5, 5.41) is 20.8. The van der Waals surface area contributed by atoms with Crippen LogP contribution in [-0.4, -0.2) is 29.0 Å². The number of aliphatic hydroxyl groups excluding tert-OH is 2. The zero-order chi connectivity index (χ0) is 17.2. The molecule has 3 N–H and O–H groups in total. The number of rotatable bonds is 17.